The van der Waals surface area contributed by atoms with Gasteiger partial charge in [-0.1, -0.05) is 6.58 Å². The molecule has 0 saturated carbocycles. The molecule has 0 fully saturated rings. The topological polar surface area (TPSA) is 55.3 Å². The fraction of sp³-hybridized carbons (Fsp3) is 0.364. The first-order chi connectivity index (χ1) is 8.27. The highest BCUT2D eigenvalue weighted by Crippen LogP contribution is 2.03. The Morgan fingerprint density at radius 2 is 2.18 bits per heavy atom. The molecule has 1 aromatic rings. The number of nitrogens with zero attached hydrogens (tertiary/aromatic N) is 3. The van der Waals surface area contributed by atoms with E-state index in [1.54, 1.807) is 0 Å². The Balaban J connectivity index is 2.37. The third kappa shape index (κ3) is 4.58. The molecule has 1 heterocycles. The fourth-order valence-electron chi connectivity index (χ4n) is 1.20. The van der Waals surface area contributed by atoms with Gasteiger partial charge in [-0.05, 0) is 6.08 Å². The summed E-state index contributed by atoms with van der Waals surface area (Å²) in [5, 5.41) is 0. The second-order valence-corrected chi connectivity index (χ2v) is 3.14. The molecule has 0 saturated heterocycles. The van der Waals surface area contributed by atoms with Crippen LogP contribution in [0.1, 0.15) is 0 Å². The minimum Gasteiger partial charge on any atom is -0.489 e. The first-order valence-corrected chi connectivity index (χ1v) is 5.13. The first kappa shape index (κ1) is 13.1. The van der Waals surface area contributed by atoms with Crippen LogP contribution in [0.2, 0.25) is 0 Å². The fourth-order valence-corrected chi connectivity index (χ4v) is 1.20. The standard InChI is InChI=1S/C11H14FN3O2/c1-2-11(16)15(4-3-12)5-6-17-10-7-13-9-14-8-10/h2,7-9H,1,3-6H2. The Morgan fingerprint density at radius 1 is 1.47 bits per heavy atom. The monoisotopic (exact) mass is 239 g/mol. The van der Waals surface area contributed by atoms with Crippen molar-refractivity contribution in [2.45, 2.75) is 0 Å². The summed E-state index contributed by atoms with van der Waals surface area (Å²) in [6.45, 7) is 3.36. The van der Waals surface area contributed by atoms with E-state index in [-0.39, 0.29) is 19.1 Å². The number of ether oxygens (including phenoxy) is 1. The molecule has 0 N–H and O–H groups in total. The molecule has 0 aliphatic rings. The van der Waals surface area contributed by atoms with E-state index < -0.39 is 6.67 Å². The summed E-state index contributed by atoms with van der Waals surface area (Å²) in [4.78, 5) is 20.2. The van der Waals surface area contributed by atoms with E-state index in [1.165, 1.54) is 23.6 Å². The van der Waals surface area contributed by atoms with Crippen molar-refractivity contribution in [3.05, 3.63) is 31.4 Å². The van der Waals surface area contributed by atoms with Gasteiger partial charge >= 0.3 is 0 Å². The lowest BCUT2D eigenvalue weighted by Crippen LogP contribution is -2.35. The third-order valence-electron chi connectivity index (χ3n) is 2.01. The van der Waals surface area contributed by atoms with Crippen molar-refractivity contribution in [2.24, 2.45) is 0 Å². The quantitative estimate of drug-likeness (QED) is 0.662. The van der Waals surface area contributed by atoms with Gasteiger partial charge in [-0.2, -0.15) is 0 Å². The molecule has 92 valence electrons. The number of amides is 1. The number of hydrogen-bond acceptors (Lipinski definition) is 4. The van der Waals surface area contributed by atoms with Crippen LogP contribution in [0.4, 0.5) is 4.39 Å². The molecule has 0 atom stereocenters. The van der Waals surface area contributed by atoms with Gasteiger partial charge in [0.2, 0.25) is 5.91 Å². The number of rotatable bonds is 7. The molecule has 1 amide bonds. The highest BCUT2D eigenvalue weighted by atomic mass is 19.1. The minimum absolute atomic E-state index is 0.0412. The van der Waals surface area contributed by atoms with Gasteiger partial charge in [0, 0.05) is 6.54 Å². The normalized spacial score (nSPS) is 9.71. The van der Waals surface area contributed by atoms with Gasteiger partial charge in [-0.25, -0.2) is 14.4 Å². The number of halogens is 1. The van der Waals surface area contributed by atoms with Crippen LogP contribution in [0, 0.1) is 0 Å². The van der Waals surface area contributed by atoms with Crippen LogP contribution in [0.25, 0.3) is 0 Å². The van der Waals surface area contributed by atoms with Crippen molar-refractivity contribution in [2.75, 3.05) is 26.4 Å². The lowest BCUT2D eigenvalue weighted by atomic mass is 10.4. The van der Waals surface area contributed by atoms with E-state index >= 15 is 0 Å². The average molecular weight is 239 g/mol. The van der Waals surface area contributed by atoms with Crippen LogP contribution in [-0.4, -0.2) is 47.1 Å². The first-order valence-electron chi connectivity index (χ1n) is 5.13. The van der Waals surface area contributed by atoms with E-state index in [2.05, 4.69) is 16.5 Å². The predicted octanol–water partition coefficient (Wildman–Crippen LogP) is 0.840. The number of carbonyl (C=O) groups excluding carboxylic acids is 1. The third-order valence-corrected chi connectivity index (χ3v) is 2.01. The molecule has 0 spiro atoms. The summed E-state index contributed by atoms with van der Waals surface area (Å²) in [6.07, 6.45) is 5.58. The summed E-state index contributed by atoms with van der Waals surface area (Å²) in [5.41, 5.74) is 0. The van der Waals surface area contributed by atoms with Crippen LogP contribution < -0.4 is 4.74 Å². The van der Waals surface area contributed by atoms with E-state index in [4.69, 9.17) is 4.74 Å². The van der Waals surface area contributed by atoms with Crippen molar-refractivity contribution < 1.29 is 13.9 Å². The molecule has 1 rings (SSSR count). The summed E-state index contributed by atoms with van der Waals surface area (Å²) >= 11 is 0. The van der Waals surface area contributed by atoms with Gasteiger partial charge in [0.25, 0.3) is 0 Å². The van der Waals surface area contributed by atoms with Crippen molar-refractivity contribution in [1.29, 1.82) is 0 Å². The van der Waals surface area contributed by atoms with Crippen LogP contribution in [0.15, 0.2) is 31.4 Å². The Kier molecular flexibility index (Phi) is 5.63. The number of alkyl halides is 1. The van der Waals surface area contributed by atoms with Crippen molar-refractivity contribution in [3.8, 4) is 5.75 Å². The second kappa shape index (κ2) is 7.32. The second-order valence-electron chi connectivity index (χ2n) is 3.14. The van der Waals surface area contributed by atoms with Gasteiger partial charge in [0.05, 0.1) is 18.9 Å². The van der Waals surface area contributed by atoms with Crippen molar-refractivity contribution in [1.82, 2.24) is 14.9 Å². The SMILES string of the molecule is C=CC(=O)N(CCF)CCOc1cncnc1. The summed E-state index contributed by atoms with van der Waals surface area (Å²) in [7, 11) is 0. The molecule has 0 aliphatic heterocycles. The van der Waals surface area contributed by atoms with Gasteiger partial charge in [0.1, 0.15) is 19.6 Å². The van der Waals surface area contributed by atoms with Crippen LogP contribution >= 0.6 is 0 Å². The maximum Gasteiger partial charge on any atom is 0.246 e. The van der Waals surface area contributed by atoms with Crippen LogP contribution in [-0.2, 0) is 4.79 Å². The van der Waals surface area contributed by atoms with E-state index in [9.17, 15) is 9.18 Å². The molecule has 0 unspecified atom stereocenters. The predicted molar refractivity (Wildman–Crippen MR) is 60.3 cm³/mol. The number of aromatic nitrogens is 2. The summed E-state index contributed by atoms with van der Waals surface area (Å²) in [6, 6.07) is 0. The molecule has 1 aromatic heterocycles. The van der Waals surface area contributed by atoms with Gasteiger partial charge in [-0.3, -0.25) is 4.79 Å². The summed E-state index contributed by atoms with van der Waals surface area (Å²) in [5.74, 6) is 0.203. The number of carbonyl (C=O) groups is 1. The molecule has 6 heteroatoms. The Labute approximate surface area is 98.9 Å². The number of hydrogen-bond donors (Lipinski definition) is 0. The van der Waals surface area contributed by atoms with Gasteiger partial charge in [0.15, 0.2) is 5.75 Å². The van der Waals surface area contributed by atoms with Crippen LogP contribution in [0.3, 0.4) is 0 Å². The highest BCUT2D eigenvalue weighted by molar-refractivity contribution is 5.86. The lowest BCUT2D eigenvalue weighted by molar-refractivity contribution is -0.126. The smallest absolute Gasteiger partial charge is 0.246 e. The molecular weight excluding hydrogens is 225 g/mol. The largest absolute Gasteiger partial charge is 0.489 e. The van der Waals surface area contributed by atoms with Crippen molar-refractivity contribution >= 4 is 5.91 Å². The average Bonchev–Trinajstić information content (AvgIpc) is 2.38. The highest BCUT2D eigenvalue weighted by Gasteiger charge is 2.09. The zero-order valence-electron chi connectivity index (χ0n) is 9.38. The zero-order chi connectivity index (χ0) is 12.5. The molecule has 0 bridgehead atoms. The van der Waals surface area contributed by atoms with E-state index in [0.29, 0.717) is 12.3 Å². The Hall–Kier alpha value is -1.98. The molecule has 0 radical (unpaired) electrons. The molecule has 17 heavy (non-hydrogen) atoms. The molecule has 0 aromatic carbocycles. The maximum absolute atomic E-state index is 12.2. The molecular formula is C11H14FN3O2. The Morgan fingerprint density at radius 3 is 2.76 bits per heavy atom. The summed E-state index contributed by atoms with van der Waals surface area (Å²) < 4.78 is 17.5. The Bertz CT molecular complexity index is 359. The van der Waals surface area contributed by atoms with Crippen LogP contribution in [0.5, 0.6) is 5.75 Å². The van der Waals surface area contributed by atoms with Gasteiger partial charge < -0.3 is 9.64 Å². The lowest BCUT2D eigenvalue weighted by Gasteiger charge is -2.19. The molecule has 5 nitrogen and oxygen atoms in total. The van der Waals surface area contributed by atoms with Crippen molar-refractivity contribution in [3.63, 3.8) is 0 Å². The molecule has 0 aliphatic carbocycles. The zero-order valence-corrected chi connectivity index (χ0v) is 9.38. The van der Waals surface area contributed by atoms with E-state index in [0.717, 1.165) is 6.08 Å². The maximum atomic E-state index is 12.2. The minimum atomic E-state index is -0.589. The van der Waals surface area contributed by atoms with E-state index in [1.807, 2.05) is 0 Å². The van der Waals surface area contributed by atoms with Gasteiger partial charge in [-0.15, -0.1) is 0 Å².